The van der Waals surface area contributed by atoms with Crippen LogP contribution in [0.5, 0.6) is 0 Å². The molecule has 1 aromatic heterocycles. The molecule has 1 aliphatic carbocycles. The number of benzene rings is 3. The van der Waals surface area contributed by atoms with Crippen molar-refractivity contribution >= 4 is 28.4 Å². The number of anilines is 1. The number of amides is 2. The first-order chi connectivity index (χ1) is 19.9. The lowest BCUT2D eigenvalue weighted by Gasteiger charge is -2.28. The van der Waals surface area contributed by atoms with Gasteiger partial charge in [-0.3, -0.25) is 23.5 Å². The first-order valence-electron chi connectivity index (χ1n) is 14.3. The number of carbonyl (C=O) groups excluding carboxylic acids is 2. The molecule has 3 aromatic carbocycles. The van der Waals surface area contributed by atoms with Crippen LogP contribution in [0, 0.1) is 18.8 Å². The van der Waals surface area contributed by atoms with E-state index in [2.05, 4.69) is 22.8 Å². The smallest absolute Gasteiger partial charge is 0.331 e. The maximum Gasteiger partial charge on any atom is 0.331 e. The zero-order valence-electron chi connectivity index (χ0n) is 23.3. The fourth-order valence-electron chi connectivity index (χ4n) is 5.65. The topological polar surface area (TPSA) is 102 Å². The molecule has 41 heavy (non-hydrogen) atoms. The van der Waals surface area contributed by atoms with Crippen molar-refractivity contribution < 1.29 is 9.59 Å². The molecule has 2 amide bonds. The van der Waals surface area contributed by atoms with Gasteiger partial charge in [-0.1, -0.05) is 60.2 Å². The van der Waals surface area contributed by atoms with Gasteiger partial charge in [0.1, 0.15) is 6.54 Å². The van der Waals surface area contributed by atoms with E-state index in [1.807, 2.05) is 49.4 Å². The average molecular weight is 553 g/mol. The molecule has 5 rings (SSSR count). The third-order valence-electron chi connectivity index (χ3n) is 7.98. The molecular weight excluding hydrogens is 516 g/mol. The minimum atomic E-state index is -0.492. The van der Waals surface area contributed by atoms with E-state index in [1.165, 1.54) is 14.7 Å². The van der Waals surface area contributed by atoms with E-state index in [9.17, 15) is 19.2 Å². The molecule has 1 fully saturated rings. The average Bonchev–Trinajstić information content (AvgIpc) is 2.99. The summed E-state index contributed by atoms with van der Waals surface area (Å²) in [7, 11) is 0. The van der Waals surface area contributed by atoms with Crippen LogP contribution < -0.4 is 21.9 Å². The number of carbonyl (C=O) groups is 2. The van der Waals surface area contributed by atoms with E-state index in [-0.39, 0.29) is 42.3 Å². The third-order valence-corrected chi connectivity index (χ3v) is 7.98. The van der Waals surface area contributed by atoms with E-state index in [1.54, 1.807) is 24.3 Å². The highest BCUT2D eigenvalue weighted by Gasteiger charge is 2.27. The molecule has 1 saturated carbocycles. The van der Waals surface area contributed by atoms with Crippen LogP contribution in [0.15, 0.2) is 88.5 Å². The summed E-state index contributed by atoms with van der Waals surface area (Å²) in [5.41, 5.74) is 2.52. The molecule has 0 saturated heterocycles. The highest BCUT2D eigenvalue weighted by atomic mass is 16.2. The summed E-state index contributed by atoms with van der Waals surface area (Å²) in [6, 6.07) is 24.4. The first-order valence-corrected chi connectivity index (χ1v) is 14.3. The van der Waals surface area contributed by atoms with Crippen LogP contribution in [0.3, 0.4) is 0 Å². The van der Waals surface area contributed by atoms with Gasteiger partial charge < -0.3 is 10.6 Å². The van der Waals surface area contributed by atoms with E-state index < -0.39 is 5.69 Å². The Morgan fingerprint density at radius 2 is 1.51 bits per heavy atom. The van der Waals surface area contributed by atoms with Crippen LogP contribution in [0.25, 0.3) is 10.9 Å². The number of rotatable bonds is 9. The van der Waals surface area contributed by atoms with Gasteiger partial charge >= 0.3 is 5.69 Å². The number of fused-ring (bicyclic) bond motifs is 1. The van der Waals surface area contributed by atoms with Gasteiger partial charge in [-0.05, 0) is 74.8 Å². The molecule has 0 bridgehead atoms. The molecule has 0 radical (unpaired) electrons. The van der Waals surface area contributed by atoms with Crippen molar-refractivity contribution in [3.63, 3.8) is 0 Å². The largest absolute Gasteiger partial charge is 0.356 e. The normalized spacial score (nSPS) is 16.8. The van der Waals surface area contributed by atoms with Crippen molar-refractivity contribution in [2.45, 2.75) is 52.1 Å². The van der Waals surface area contributed by atoms with Crippen molar-refractivity contribution in [2.75, 3.05) is 11.9 Å². The summed E-state index contributed by atoms with van der Waals surface area (Å²) in [4.78, 5) is 52.6. The monoisotopic (exact) mass is 552 g/mol. The number of aromatic nitrogens is 2. The van der Waals surface area contributed by atoms with E-state index in [0.29, 0.717) is 23.1 Å². The summed E-state index contributed by atoms with van der Waals surface area (Å²) in [5.74, 6) is -0.225. The lowest BCUT2D eigenvalue weighted by Crippen LogP contribution is -2.43. The summed E-state index contributed by atoms with van der Waals surface area (Å²) < 4.78 is 2.65. The second-order valence-corrected chi connectivity index (χ2v) is 11.0. The Hall–Kier alpha value is -4.46. The van der Waals surface area contributed by atoms with Gasteiger partial charge in [0, 0.05) is 24.7 Å². The predicted octanol–water partition coefficient (Wildman–Crippen LogP) is 4.28. The Labute approximate surface area is 239 Å². The summed E-state index contributed by atoms with van der Waals surface area (Å²) in [6.07, 6.45) is 3.74. The second kappa shape index (κ2) is 12.8. The van der Waals surface area contributed by atoms with E-state index in [0.717, 1.165) is 37.7 Å². The minimum absolute atomic E-state index is 0.0579. The van der Waals surface area contributed by atoms with E-state index >= 15 is 0 Å². The summed E-state index contributed by atoms with van der Waals surface area (Å²) in [6.45, 7) is 2.63. The molecule has 1 aliphatic rings. The number of nitrogens with zero attached hydrogens (tertiary/aromatic N) is 2. The van der Waals surface area contributed by atoms with Gasteiger partial charge in [-0.2, -0.15) is 0 Å². The Bertz CT molecular complexity index is 1630. The van der Waals surface area contributed by atoms with Crippen LogP contribution in [-0.2, 0) is 29.1 Å². The molecule has 0 aliphatic heterocycles. The Morgan fingerprint density at radius 3 is 2.24 bits per heavy atom. The maximum atomic E-state index is 13.6. The van der Waals surface area contributed by atoms with Gasteiger partial charge in [0.25, 0.3) is 5.56 Å². The molecule has 0 atom stereocenters. The second-order valence-electron chi connectivity index (χ2n) is 11.0. The Kier molecular flexibility index (Phi) is 8.77. The molecule has 0 unspecified atom stereocenters. The Morgan fingerprint density at radius 1 is 0.829 bits per heavy atom. The van der Waals surface area contributed by atoms with Crippen LogP contribution in [0.4, 0.5) is 5.69 Å². The van der Waals surface area contributed by atoms with Gasteiger partial charge in [0.05, 0.1) is 10.9 Å². The number of para-hydroxylation sites is 1. The molecule has 4 aromatic rings. The highest BCUT2D eigenvalue weighted by Crippen LogP contribution is 2.29. The first kappa shape index (κ1) is 28.1. The van der Waals surface area contributed by atoms with Crippen LogP contribution in [0.1, 0.15) is 36.8 Å². The van der Waals surface area contributed by atoms with Gasteiger partial charge in [0.15, 0.2) is 0 Å². The van der Waals surface area contributed by atoms with Gasteiger partial charge in [-0.15, -0.1) is 0 Å². The van der Waals surface area contributed by atoms with Crippen molar-refractivity contribution in [1.82, 2.24) is 14.5 Å². The maximum absolute atomic E-state index is 13.6. The number of hydrogen-bond acceptors (Lipinski definition) is 4. The Balaban J connectivity index is 1.25. The lowest BCUT2D eigenvalue weighted by molar-refractivity contribution is -0.126. The van der Waals surface area contributed by atoms with Crippen molar-refractivity contribution in [3.05, 3.63) is 111 Å². The number of aryl methyl sites for hydroxylation is 1. The van der Waals surface area contributed by atoms with Gasteiger partial charge in [-0.25, -0.2) is 4.79 Å². The molecule has 0 spiro atoms. The van der Waals surface area contributed by atoms with Crippen molar-refractivity contribution in [2.24, 2.45) is 11.8 Å². The molecule has 212 valence electrons. The SMILES string of the molecule is Cc1ccc(NC(=O)Cn2c(=O)n(CC3CCC(C(=O)NCCc4ccccc4)CC3)c(=O)c3ccccc32)cc1. The van der Waals surface area contributed by atoms with Crippen molar-refractivity contribution in [3.8, 4) is 0 Å². The highest BCUT2D eigenvalue weighted by molar-refractivity contribution is 5.91. The lowest BCUT2D eigenvalue weighted by atomic mass is 9.81. The standard InChI is InChI=1S/C33H36N4O4/c1-23-11-17-27(18-12-23)35-30(38)22-36-29-10-6-5-9-28(29)32(40)37(33(36)41)21-25-13-15-26(16-14-25)31(39)34-20-19-24-7-3-2-4-8-24/h2-12,17-18,25-26H,13-16,19-22H2,1H3,(H,34,39)(H,35,38). The number of hydrogen-bond donors (Lipinski definition) is 2. The van der Waals surface area contributed by atoms with Crippen molar-refractivity contribution in [1.29, 1.82) is 0 Å². The third kappa shape index (κ3) is 6.82. The molecule has 8 heteroatoms. The van der Waals surface area contributed by atoms with E-state index in [4.69, 9.17) is 0 Å². The van der Waals surface area contributed by atoms with Crippen LogP contribution >= 0.6 is 0 Å². The quantitative estimate of drug-likeness (QED) is 0.324. The van der Waals surface area contributed by atoms with Crippen LogP contribution in [0.2, 0.25) is 0 Å². The van der Waals surface area contributed by atoms with Gasteiger partial charge in [0.2, 0.25) is 11.8 Å². The summed E-state index contributed by atoms with van der Waals surface area (Å²) in [5, 5.41) is 6.31. The molecule has 8 nitrogen and oxygen atoms in total. The predicted molar refractivity (Wildman–Crippen MR) is 161 cm³/mol. The molecule has 2 N–H and O–H groups in total. The zero-order chi connectivity index (χ0) is 28.8. The fourth-order valence-corrected chi connectivity index (χ4v) is 5.65. The molecular formula is C33H36N4O4. The summed E-state index contributed by atoms with van der Waals surface area (Å²) >= 11 is 0. The number of nitrogens with one attached hydrogen (secondary N) is 2. The molecule has 1 heterocycles. The zero-order valence-corrected chi connectivity index (χ0v) is 23.3. The van der Waals surface area contributed by atoms with Crippen LogP contribution in [-0.4, -0.2) is 27.5 Å². The fraction of sp³-hybridized carbons (Fsp3) is 0.333. The minimum Gasteiger partial charge on any atom is -0.356 e.